The van der Waals surface area contributed by atoms with Gasteiger partial charge < -0.3 is 4.90 Å². The molecule has 1 atom stereocenters. The van der Waals surface area contributed by atoms with Crippen molar-refractivity contribution in [2.24, 2.45) is 5.92 Å². The molecule has 1 saturated heterocycles. The maximum atomic E-state index is 5.48. The minimum absolute atomic E-state index is 0.516. The van der Waals surface area contributed by atoms with Gasteiger partial charge in [0.15, 0.2) is 0 Å². The molecule has 1 fully saturated rings. The van der Waals surface area contributed by atoms with E-state index in [1.165, 1.54) is 5.56 Å². The second-order valence-electron chi connectivity index (χ2n) is 4.55. The summed E-state index contributed by atoms with van der Waals surface area (Å²) < 4.78 is 0. The molecule has 0 bridgehead atoms. The first kappa shape index (κ1) is 12.7. The zero-order chi connectivity index (χ0) is 12.3. The minimum atomic E-state index is 0.516. The number of hydrogen-bond acceptors (Lipinski definition) is 2. The Morgan fingerprint density at radius 1 is 1.24 bits per heavy atom. The highest BCUT2D eigenvalue weighted by molar-refractivity contribution is 7.82. The van der Waals surface area contributed by atoms with Gasteiger partial charge in [0.25, 0.3) is 0 Å². The lowest BCUT2D eigenvalue weighted by Gasteiger charge is -2.32. The second-order valence-corrected chi connectivity index (χ2v) is 5.44. The number of aryl methyl sites for hydroxylation is 1. The third-order valence-electron chi connectivity index (χ3n) is 3.38. The topological polar surface area (TPSA) is 3.24 Å². The van der Waals surface area contributed by atoms with Crippen LogP contribution in [0.5, 0.6) is 0 Å². The predicted octanol–water partition coefficient (Wildman–Crippen LogP) is 3.62. The highest BCUT2D eigenvalue weighted by Crippen LogP contribution is 2.24. The molecule has 1 aromatic rings. The number of nitrogens with zero attached hydrogens (tertiary/aromatic N) is 1. The Hall–Kier alpha value is -0.800. The van der Waals surface area contributed by atoms with E-state index in [9.17, 15) is 0 Å². The Balaban J connectivity index is 1.92. The summed E-state index contributed by atoms with van der Waals surface area (Å²) in [5, 5.41) is 0. The van der Waals surface area contributed by atoms with E-state index in [0.717, 1.165) is 35.7 Å². The van der Waals surface area contributed by atoms with Crippen LogP contribution in [0.2, 0.25) is 0 Å². The lowest BCUT2D eigenvalue weighted by Crippen LogP contribution is -2.40. The molecule has 1 aliphatic rings. The summed E-state index contributed by atoms with van der Waals surface area (Å²) in [6.45, 7) is 0. The number of hydrogen-bond donors (Lipinski definition) is 0. The highest BCUT2D eigenvalue weighted by atomic mass is 32.1. The molecule has 1 nitrogen and oxygen atoms in total. The van der Waals surface area contributed by atoms with Gasteiger partial charge in [0, 0.05) is 13.0 Å². The van der Waals surface area contributed by atoms with Crippen molar-refractivity contribution in [1.29, 1.82) is 0 Å². The van der Waals surface area contributed by atoms with Crippen LogP contribution in [0.3, 0.4) is 0 Å². The zero-order valence-electron chi connectivity index (χ0n) is 10.1. The van der Waals surface area contributed by atoms with E-state index >= 15 is 0 Å². The van der Waals surface area contributed by atoms with Gasteiger partial charge >= 0.3 is 0 Å². The van der Waals surface area contributed by atoms with E-state index in [-0.39, 0.29) is 0 Å². The van der Waals surface area contributed by atoms with Gasteiger partial charge in [-0.3, -0.25) is 0 Å². The van der Waals surface area contributed by atoms with Crippen molar-refractivity contribution in [1.82, 2.24) is 4.90 Å². The van der Waals surface area contributed by atoms with Crippen molar-refractivity contribution in [2.75, 3.05) is 7.05 Å². The summed E-state index contributed by atoms with van der Waals surface area (Å²) in [5.74, 6) is 0.516. The molecule has 0 radical (unpaired) electrons. The van der Waals surface area contributed by atoms with Gasteiger partial charge in [0.05, 0.1) is 9.98 Å². The molecule has 2 rings (SSSR count). The molecule has 1 aliphatic heterocycles. The van der Waals surface area contributed by atoms with Crippen molar-refractivity contribution in [3.8, 4) is 0 Å². The second kappa shape index (κ2) is 5.69. The Kier molecular flexibility index (Phi) is 4.24. The molecule has 0 spiro atoms. The fraction of sp³-hybridized carbons (Fsp3) is 0.429. The van der Waals surface area contributed by atoms with E-state index < -0.39 is 0 Å². The van der Waals surface area contributed by atoms with Gasteiger partial charge in [-0.2, -0.15) is 0 Å². The minimum Gasteiger partial charge on any atom is -0.333 e. The van der Waals surface area contributed by atoms with Crippen LogP contribution in [0.4, 0.5) is 0 Å². The predicted molar refractivity (Wildman–Crippen MR) is 80.4 cm³/mol. The van der Waals surface area contributed by atoms with E-state index in [1.54, 1.807) is 0 Å². The van der Waals surface area contributed by atoms with Crippen LogP contribution in [-0.4, -0.2) is 21.9 Å². The first-order valence-electron chi connectivity index (χ1n) is 6.03. The molecule has 3 heteroatoms. The molecule has 90 valence electrons. The van der Waals surface area contributed by atoms with E-state index in [1.807, 2.05) is 11.9 Å². The number of benzene rings is 1. The Morgan fingerprint density at radius 2 is 1.94 bits per heavy atom. The molecule has 1 aromatic carbocycles. The Bertz CT molecular complexity index is 413. The lowest BCUT2D eigenvalue weighted by molar-refractivity contribution is 0.512. The molecule has 0 aromatic heterocycles. The van der Waals surface area contributed by atoms with Gasteiger partial charge in [-0.05, 0) is 31.2 Å². The largest absolute Gasteiger partial charge is 0.333 e. The van der Waals surface area contributed by atoms with Crippen LogP contribution in [0.1, 0.15) is 24.8 Å². The van der Waals surface area contributed by atoms with Crippen molar-refractivity contribution >= 4 is 34.4 Å². The maximum Gasteiger partial charge on any atom is 0.0856 e. The van der Waals surface area contributed by atoms with Crippen molar-refractivity contribution in [3.05, 3.63) is 35.9 Å². The summed E-state index contributed by atoms with van der Waals surface area (Å²) in [7, 11) is 2.00. The SMILES string of the molecule is CN1C(=S)CCC(CCc2ccccc2)C1=S. The summed E-state index contributed by atoms with van der Waals surface area (Å²) >= 11 is 10.8. The summed E-state index contributed by atoms with van der Waals surface area (Å²) in [5.41, 5.74) is 1.39. The van der Waals surface area contributed by atoms with Gasteiger partial charge in [-0.1, -0.05) is 54.8 Å². The molecule has 0 aliphatic carbocycles. The van der Waals surface area contributed by atoms with Crippen LogP contribution in [-0.2, 0) is 6.42 Å². The Labute approximate surface area is 114 Å². The molecule has 1 unspecified atom stereocenters. The van der Waals surface area contributed by atoms with Crippen LogP contribution < -0.4 is 0 Å². The molecular formula is C14H17NS2. The van der Waals surface area contributed by atoms with Gasteiger partial charge in [-0.25, -0.2) is 0 Å². The standard InChI is InChI=1S/C14H17NS2/c1-15-13(16)10-9-12(14(15)17)8-7-11-5-3-2-4-6-11/h2-6,12H,7-10H2,1H3. The smallest absolute Gasteiger partial charge is 0.0856 e. The third-order valence-corrected chi connectivity index (χ3v) is 4.47. The lowest BCUT2D eigenvalue weighted by atomic mass is 9.92. The summed E-state index contributed by atoms with van der Waals surface area (Å²) in [4.78, 5) is 4.03. The number of rotatable bonds is 3. The first-order valence-corrected chi connectivity index (χ1v) is 6.84. The quantitative estimate of drug-likeness (QED) is 0.767. The number of likely N-dealkylation sites (tertiary alicyclic amines) is 1. The fourth-order valence-corrected chi connectivity index (χ4v) is 2.86. The zero-order valence-corrected chi connectivity index (χ0v) is 11.7. The van der Waals surface area contributed by atoms with Crippen LogP contribution in [0.15, 0.2) is 30.3 Å². The first-order chi connectivity index (χ1) is 8.18. The molecule has 0 N–H and O–H groups in total. The average molecular weight is 263 g/mol. The van der Waals surface area contributed by atoms with Crippen LogP contribution in [0, 0.1) is 5.92 Å². The van der Waals surface area contributed by atoms with Gasteiger partial charge in [0.2, 0.25) is 0 Å². The monoisotopic (exact) mass is 263 g/mol. The van der Waals surface area contributed by atoms with Gasteiger partial charge in [0.1, 0.15) is 0 Å². The van der Waals surface area contributed by atoms with Crippen molar-refractivity contribution < 1.29 is 0 Å². The highest BCUT2D eigenvalue weighted by Gasteiger charge is 2.25. The van der Waals surface area contributed by atoms with E-state index in [2.05, 4.69) is 30.3 Å². The molecule has 0 amide bonds. The van der Waals surface area contributed by atoms with Crippen LogP contribution in [0.25, 0.3) is 0 Å². The summed E-state index contributed by atoms with van der Waals surface area (Å²) in [6, 6.07) is 10.6. The maximum absolute atomic E-state index is 5.48. The number of thiocarbonyl (C=S) groups is 2. The van der Waals surface area contributed by atoms with Crippen molar-refractivity contribution in [3.63, 3.8) is 0 Å². The van der Waals surface area contributed by atoms with E-state index in [0.29, 0.717) is 5.92 Å². The average Bonchev–Trinajstić information content (AvgIpc) is 2.36. The molecule has 17 heavy (non-hydrogen) atoms. The summed E-state index contributed by atoms with van der Waals surface area (Å²) in [6.07, 6.45) is 4.36. The molecule has 1 heterocycles. The van der Waals surface area contributed by atoms with Crippen molar-refractivity contribution in [2.45, 2.75) is 25.7 Å². The molecule has 0 saturated carbocycles. The number of piperidine rings is 1. The Morgan fingerprint density at radius 3 is 2.65 bits per heavy atom. The third kappa shape index (κ3) is 3.11. The van der Waals surface area contributed by atoms with E-state index in [4.69, 9.17) is 24.4 Å². The van der Waals surface area contributed by atoms with Crippen LogP contribution >= 0.6 is 24.4 Å². The van der Waals surface area contributed by atoms with Gasteiger partial charge in [-0.15, -0.1) is 0 Å². The normalized spacial score (nSPS) is 20.8. The fourth-order valence-electron chi connectivity index (χ4n) is 2.24. The molecular weight excluding hydrogens is 246 g/mol.